The first kappa shape index (κ1) is 11.2. The van der Waals surface area contributed by atoms with Crippen molar-refractivity contribution in [2.75, 3.05) is 12.0 Å². The van der Waals surface area contributed by atoms with Crippen LogP contribution in [0.2, 0.25) is 0 Å². The van der Waals surface area contributed by atoms with Crippen molar-refractivity contribution in [3.63, 3.8) is 0 Å². The van der Waals surface area contributed by atoms with Gasteiger partial charge in [-0.25, -0.2) is 8.78 Å². The fourth-order valence-electron chi connectivity index (χ4n) is 1.09. The number of benzene rings is 1. The third-order valence-corrected chi connectivity index (χ3v) is 2.30. The summed E-state index contributed by atoms with van der Waals surface area (Å²) in [5.41, 5.74) is 0.517. The van der Waals surface area contributed by atoms with Gasteiger partial charge in [0.05, 0.1) is 5.75 Å². The number of rotatable bonds is 4. The van der Waals surface area contributed by atoms with E-state index in [1.54, 1.807) is 0 Å². The third kappa shape index (κ3) is 3.10. The first-order valence-electron chi connectivity index (χ1n) is 4.08. The summed E-state index contributed by atoms with van der Waals surface area (Å²) in [7, 11) is 0. The van der Waals surface area contributed by atoms with Gasteiger partial charge in [0, 0.05) is 6.42 Å². The van der Waals surface area contributed by atoms with Gasteiger partial charge in [-0.3, -0.25) is 4.79 Å². The predicted octanol–water partition coefficient (Wildman–Crippen LogP) is 2.44. The zero-order valence-corrected chi connectivity index (χ0v) is 8.54. The van der Waals surface area contributed by atoms with E-state index in [2.05, 4.69) is 0 Å². The zero-order chi connectivity index (χ0) is 10.6. The molecule has 1 nitrogen and oxygen atoms in total. The molecule has 0 radical (unpaired) electrons. The number of Topliss-reactive ketones (excluding diaryl/α,β-unsaturated/α-hetero) is 1. The molecule has 0 aliphatic carbocycles. The molecule has 4 heteroatoms. The highest BCUT2D eigenvalue weighted by Gasteiger charge is 2.06. The van der Waals surface area contributed by atoms with E-state index in [1.807, 2.05) is 6.26 Å². The van der Waals surface area contributed by atoms with Gasteiger partial charge in [0.1, 0.15) is 5.78 Å². The van der Waals surface area contributed by atoms with Gasteiger partial charge in [0.2, 0.25) is 0 Å². The van der Waals surface area contributed by atoms with Crippen LogP contribution in [-0.2, 0) is 11.2 Å². The van der Waals surface area contributed by atoms with Crippen LogP contribution < -0.4 is 0 Å². The van der Waals surface area contributed by atoms with Crippen LogP contribution in [0, 0.1) is 11.6 Å². The Balaban J connectivity index is 2.68. The second-order valence-corrected chi connectivity index (χ2v) is 3.76. The molecule has 0 atom stereocenters. The normalized spacial score (nSPS) is 10.2. The fourth-order valence-corrected chi connectivity index (χ4v) is 1.51. The zero-order valence-electron chi connectivity index (χ0n) is 7.72. The molecule has 0 fully saturated rings. The van der Waals surface area contributed by atoms with Crippen molar-refractivity contribution in [2.45, 2.75) is 6.42 Å². The van der Waals surface area contributed by atoms with Crippen molar-refractivity contribution >= 4 is 17.5 Å². The molecular formula is C10H10F2OS. The van der Waals surface area contributed by atoms with E-state index >= 15 is 0 Å². The summed E-state index contributed by atoms with van der Waals surface area (Å²) in [6, 6.07) is 3.53. The Labute approximate surface area is 85.5 Å². The van der Waals surface area contributed by atoms with Crippen molar-refractivity contribution in [3.05, 3.63) is 35.4 Å². The van der Waals surface area contributed by atoms with Gasteiger partial charge in [-0.05, 0) is 24.0 Å². The molecule has 1 aromatic carbocycles. The van der Waals surface area contributed by atoms with E-state index in [1.165, 1.54) is 17.8 Å². The highest BCUT2D eigenvalue weighted by atomic mass is 32.2. The number of ketones is 1. The number of hydrogen-bond donors (Lipinski definition) is 0. The van der Waals surface area contributed by atoms with Crippen molar-refractivity contribution in [2.24, 2.45) is 0 Å². The molecule has 0 bridgehead atoms. The minimum Gasteiger partial charge on any atom is -0.298 e. The van der Waals surface area contributed by atoms with Crippen molar-refractivity contribution in [1.82, 2.24) is 0 Å². The average Bonchev–Trinajstić information content (AvgIpc) is 2.12. The molecular weight excluding hydrogens is 206 g/mol. The Bertz CT molecular complexity index is 339. The quantitative estimate of drug-likeness (QED) is 0.769. The van der Waals surface area contributed by atoms with Crippen LogP contribution in [0.25, 0.3) is 0 Å². The highest BCUT2D eigenvalue weighted by molar-refractivity contribution is 7.99. The van der Waals surface area contributed by atoms with E-state index < -0.39 is 11.6 Å². The van der Waals surface area contributed by atoms with Crippen LogP contribution in [0.3, 0.4) is 0 Å². The van der Waals surface area contributed by atoms with E-state index in [4.69, 9.17) is 0 Å². The van der Waals surface area contributed by atoms with Crippen LogP contribution in [0.15, 0.2) is 18.2 Å². The summed E-state index contributed by atoms with van der Waals surface area (Å²) >= 11 is 1.42. The molecule has 0 aliphatic rings. The predicted molar refractivity (Wildman–Crippen MR) is 53.5 cm³/mol. The lowest BCUT2D eigenvalue weighted by Crippen LogP contribution is -2.05. The molecule has 0 amide bonds. The highest BCUT2D eigenvalue weighted by Crippen LogP contribution is 2.10. The molecule has 1 aromatic rings. The van der Waals surface area contributed by atoms with E-state index in [-0.39, 0.29) is 12.2 Å². The molecule has 0 saturated heterocycles. The van der Waals surface area contributed by atoms with Gasteiger partial charge in [-0.1, -0.05) is 6.07 Å². The van der Waals surface area contributed by atoms with Crippen LogP contribution in [0.1, 0.15) is 5.56 Å². The molecule has 14 heavy (non-hydrogen) atoms. The first-order valence-corrected chi connectivity index (χ1v) is 5.47. The summed E-state index contributed by atoms with van der Waals surface area (Å²) < 4.78 is 25.2. The molecule has 0 aromatic heterocycles. The number of carbonyl (C=O) groups excluding carboxylic acids is 1. The molecule has 0 heterocycles. The summed E-state index contributed by atoms with van der Waals surface area (Å²) in [5, 5.41) is 0. The number of thioether (sulfide) groups is 1. The maximum Gasteiger partial charge on any atom is 0.159 e. The Kier molecular flexibility index (Phi) is 4.07. The lowest BCUT2D eigenvalue weighted by atomic mass is 10.1. The smallest absolute Gasteiger partial charge is 0.159 e. The molecule has 0 aliphatic heterocycles. The monoisotopic (exact) mass is 216 g/mol. The molecule has 1 rings (SSSR count). The van der Waals surface area contributed by atoms with Gasteiger partial charge >= 0.3 is 0 Å². The third-order valence-electron chi connectivity index (χ3n) is 1.69. The Morgan fingerprint density at radius 1 is 1.36 bits per heavy atom. The maximum absolute atomic E-state index is 12.7. The van der Waals surface area contributed by atoms with Gasteiger partial charge in [-0.2, -0.15) is 11.8 Å². The average molecular weight is 216 g/mol. The molecule has 0 N–H and O–H groups in total. The van der Waals surface area contributed by atoms with Crippen LogP contribution in [0.5, 0.6) is 0 Å². The number of halogens is 2. The molecule has 76 valence electrons. The van der Waals surface area contributed by atoms with Crippen molar-refractivity contribution in [1.29, 1.82) is 0 Å². The Morgan fingerprint density at radius 2 is 2.07 bits per heavy atom. The Hall–Kier alpha value is -0.900. The van der Waals surface area contributed by atoms with Crippen molar-refractivity contribution in [3.8, 4) is 0 Å². The summed E-state index contributed by atoms with van der Waals surface area (Å²) in [5.74, 6) is -1.37. The minimum absolute atomic E-state index is 0.0171. The van der Waals surface area contributed by atoms with Crippen molar-refractivity contribution < 1.29 is 13.6 Å². The minimum atomic E-state index is -0.903. The second kappa shape index (κ2) is 5.10. The lowest BCUT2D eigenvalue weighted by molar-refractivity contribution is -0.115. The van der Waals surface area contributed by atoms with E-state index in [9.17, 15) is 13.6 Å². The topological polar surface area (TPSA) is 17.1 Å². The summed E-state index contributed by atoms with van der Waals surface area (Å²) in [4.78, 5) is 11.2. The van der Waals surface area contributed by atoms with Gasteiger partial charge in [0.15, 0.2) is 11.6 Å². The second-order valence-electron chi connectivity index (χ2n) is 2.90. The fraction of sp³-hybridized carbons (Fsp3) is 0.300. The first-order chi connectivity index (χ1) is 6.63. The number of carbonyl (C=O) groups is 1. The molecule has 0 saturated carbocycles. The lowest BCUT2D eigenvalue weighted by Gasteiger charge is -2.00. The van der Waals surface area contributed by atoms with Crippen LogP contribution in [0.4, 0.5) is 8.78 Å². The van der Waals surface area contributed by atoms with E-state index in [0.717, 1.165) is 12.1 Å². The van der Waals surface area contributed by atoms with E-state index in [0.29, 0.717) is 11.3 Å². The standard InChI is InChI=1S/C10H10F2OS/c1-14-6-8(13)4-7-2-3-9(11)10(12)5-7/h2-3,5H,4,6H2,1H3. The largest absolute Gasteiger partial charge is 0.298 e. The van der Waals surface area contributed by atoms with Gasteiger partial charge < -0.3 is 0 Å². The van der Waals surface area contributed by atoms with Crippen LogP contribution in [-0.4, -0.2) is 17.8 Å². The summed E-state index contributed by atoms with van der Waals surface area (Å²) in [6.07, 6.45) is 1.99. The number of hydrogen-bond acceptors (Lipinski definition) is 2. The SMILES string of the molecule is CSCC(=O)Cc1ccc(F)c(F)c1. The summed E-state index contributed by atoms with van der Waals surface area (Å²) in [6.45, 7) is 0. The van der Waals surface area contributed by atoms with Gasteiger partial charge in [0.25, 0.3) is 0 Å². The maximum atomic E-state index is 12.7. The van der Waals surface area contributed by atoms with Crippen LogP contribution >= 0.6 is 11.8 Å². The molecule has 0 spiro atoms. The Morgan fingerprint density at radius 3 is 2.64 bits per heavy atom. The van der Waals surface area contributed by atoms with Gasteiger partial charge in [-0.15, -0.1) is 0 Å². The molecule has 0 unspecified atom stereocenters.